The van der Waals surface area contributed by atoms with E-state index in [2.05, 4.69) is 5.32 Å². The van der Waals surface area contributed by atoms with Gasteiger partial charge in [-0.25, -0.2) is 0 Å². The lowest BCUT2D eigenvalue weighted by atomic mass is 10.3. The van der Waals surface area contributed by atoms with Crippen molar-refractivity contribution in [2.24, 2.45) is 5.73 Å². The molecule has 4 heteroatoms. The molecule has 0 rings (SSSR count). The van der Waals surface area contributed by atoms with Crippen molar-refractivity contribution in [3.63, 3.8) is 0 Å². The molecule has 0 spiro atoms. The van der Waals surface area contributed by atoms with E-state index in [1.807, 2.05) is 20.8 Å². The number of carbonyl (C=O) groups excluding carboxylic acids is 1. The van der Waals surface area contributed by atoms with Gasteiger partial charge in [0.25, 0.3) is 0 Å². The lowest BCUT2D eigenvalue weighted by Gasteiger charge is -2.17. The molecule has 3 N–H and O–H groups in total. The summed E-state index contributed by atoms with van der Waals surface area (Å²) in [5, 5.41) is 2.96. The van der Waals surface area contributed by atoms with E-state index in [4.69, 9.17) is 10.5 Å². The van der Waals surface area contributed by atoms with E-state index in [1.165, 1.54) is 0 Å². The standard InChI is InChI=1S/C9H20N2O2/c1-4-7(3)13-6-8(9(10)12)11-5-2/h7-8,11H,4-6H2,1-3H3,(H2,10,12). The lowest BCUT2D eigenvalue weighted by molar-refractivity contribution is -0.122. The largest absolute Gasteiger partial charge is 0.376 e. The minimum absolute atomic E-state index is 0.181. The molecular weight excluding hydrogens is 168 g/mol. The molecule has 0 saturated heterocycles. The van der Waals surface area contributed by atoms with Gasteiger partial charge in [0.2, 0.25) is 5.91 Å². The average Bonchev–Trinajstić information content (AvgIpc) is 2.11. The zero-order chi connectivity index (χ0) is 10.3. The van der Waals surface area contributed by atoms with E-state index < -0.39 is 0 Å². The van der Waals surface area contributed by atoms with Gasteiger partial charge in [-0.05, 0) is 19.9 Å². The summed E-state index contributed by atoms with van der Waals surface area (Å²) in [5.74, 6) is -0.356. The Balaban J connectivity index is 3.75. The Labute approximate surface area is 79.8 Å². The minimum atomic E-state index is -0.362. The van der Waals surface area contributed by atoms with Crippen LogP contribution in [0.3, 0.4) is 0 Å². The molecule has 0 aromatic rings. The van der Waals surface area contributed by atoms with E-state index in [-0.39, 0.29) is 18.1 Å². The maximum Gasteiger partial charge on any atom is 0.236 e. The monoisotopic (exact) mass is 188 g/mol. The first-order valence-electron chi connectivity index (χ1n) is 4.76. The van der Waals surface area contributed by atoms with Crippen molar-refractivity contribution in [1.29, 1.82) is 0 Å². The number of rotatable bonds is 7. The normalized spacial score (nSPS) is 15.3. The summed E-state index contributed by atoms with van der Waals surface area (Å²) in [5.41, 5.74) is 5.17. The summed E-state index contributed by atoms with van der Waals surface area (Å²) >= 11 is 0. The molecule has 78 valence electrons. The third kappa shape index (κ3) is 5.60. The van der Waals surface area contributed by atoms with Gasteiger partial charge in [0.05, 0.1) is 12.7 Å². The molecular formula is C9H20N2O2. The highest BCUT2D eigenvalue weighted by Gasteiger charge is 2.14. The van der Waals surface area contributed by atoms with Gasteiger partial charge in [-0.3, -0.25) is 4.79 Å². The molecule has 4 nitrogen and oxygen atoms in total. The molecule has 0 fully saturated rings. The molecule has 1 amide bonds. The molecule has 0 aromatic heterocycles. The smallest absolute Gasteiger partial charge is 0.236 e. The molecule has 2 atom stereocenters. The van der Waals surface area contributed by atoms with Gasteiger partial charge in [-0.2, -0.15) is 0 Å². The second-order valence-electron chi connectivity index (χ2n) is 3.06. The van der Waals surface area contributed by atoms with E-state index in [0.29, 0.717) is 6.61 Å². The number of ether oxygens (including phenoxy) is 1. The Kier molecular flexibility index (Phi) is 6.54. The van der Waals surface area contributed by atoms with Crippen LogP contribution in [0.4, 0.5) is 0 Å². The molecule has 0 heterocycles. The van der Waals surface area contributed by atoms with Crippen molar-refractivity contribution in [3.05, 3.63) is 0 Å². The topological polar surface area (TPSA) is 64.3 Å². The van der Waals surface area contributed by atoms with E-state index in [0.717, 1.165) is 13.0 Å². The maximum absolute atomic E-state index is 10.9. The van der Waals surface area contributed by atoms with Crippen molar-refractivity contribution >= 4 is 5.91 Å². The van der Waals surface area contributed by atoms with Crippen LogP contribution in [0.5, 0.6) is 0 Å². The highest BCUT2D eigenvalue weighted by atomic mass is 16.5. The van der Waals surface area contributed by atoms with Crippen LogP contribution in [0.25, 0.3) is 0 Å². The fraction of sp³-hybridized carbons (Fsp3) is 0.889. The first kappa shape index (κ1) is 12.4. The Bertz CT molecular complexity index is 151. The van der Waals surface area contributed by atoms with E-state index in [9.17, 15) is 4.79 Å². The van der Waals surface area contributed by atoms with Crippen molar-refractivity contribution in [3.8, 4) is 0 Å². The van der Waals surface area contributed by atoms with Crippen LogP contribution in [-0.2, 0) is 9.53 Å². The van der Waals surface area contributed by atoms with Crippen LogP contribution in [0.15, 0.2) is 0 Å². The van der Waals surface area contributed by atoms with Crippen LogP contribution in [-0.4, -0.2) is 31.2 Å². The van der Waals surface area contributed by atoms with Gasteiger partial charge >= 0.3 is 0 Å². The van der Waals surface area contributed by atoms with E-state index >= 15 is 0 Å². The molecule has 0 radical (unpaired) electrons. The van der Waals surface area contributed by atoms with Gasteiger partial charge in [0, 0.05) is 0 Å². The van der Waals surface area contributed by atoms with Gasteiger partial charge in [0.1, 0.15) is 6.04 Å². The first-order valence-corrected chi connectivity index (χ1v) is 4.76. The Morgan fingerprint density at radius 2 is 2.15 bits per heavy atom. The lowest BCUT2D eigenvalue weighted by Crippen LogP contribution is -2.45. The third-order valence-electron chi connectivity index (χ3n) is 1.92. The van der Waals surface area contributed by atoms with Crippen molar-refractivity contribution in [2.75, 3.05) is 13.2 Å². The number of nitrogens with one attached hydrogen (secondary N) is 1. The SMILES string of the molecule is CCNC(COC(C)CC)C(N)=O. The molecule has 0 aliphatic rings. The highest BCUT2D eigenvalue weighted by molar-refractivity contribution is 5.79. The fourth-order valence-corrected chi connectivity index (χ4v) is 0.866. The molecule has 0 aliphatic carbocycles. The molecule has 0 bridgehead atoms. The average molecular weight is 188 g/mol. The molecule has 13 heavy (non-hydrogen) atoms. The number of amides is 1. The second-order valence-corrected chi connectivity index (χ2v) is 3.06. The summed E-state index contributed by atoms with van der Waals surface area (Å²) < 4.78 is 5.40. The predicted octanol–water partition coefficient (Wildman–Crippen LogP) is 0.265. The number of nitrogens with two attached hydrogens (primary N) is 1. The summed E-state index contributed by atoms with van der Waals surface area (Å²) in [4.78, 5) is 10.9. The second kappa shape index (κ2) is 6.86. The van der Waals surface area contributed by atoms with Crippen molar-refractivity contribution in [2.45, 2.75) is 39.3 Å². The zero-order valence-electron chi connectivity index (χ0n) is 8.67. The Hall–Kier alpha value is -0.610. The van der Waals surface area contributed by atoms with Gasteiger partial charge in [0.15, 0.2) is 0 Å². The Morgan fingerprint density at radius 3 is 2.54 bits per heavy atom. The zero-order valence-corrected chi connectivity index (χ0v) is 8.67. The quantitative estimate of drug-likeness (QED) is 0.602. The molecule has 0 saturated carbocycles. The van der Waals surface area contributed by atoms with Gasteiger partial charge in [-0.1, -0.05) is 13.8 Å². The van der Waals surface area contributed by atoms with Crippen LogP contribution in [0.1, 0.15) is 27.2 Å². The van der Waals surface area contributed by atoms with Crippen LogP contribution < -0.4 is 11.1 Å². The summed E-state index contributed by atoms with van der Waals surface area (Å²) in [6.07, 6.45) is 1.12. The number of carbonyl (C=O) groups is 1. The minimum Gasteiger partial charge on any atom is -0.376 e. The maximum atomic E-state index is 10.9. The Morgan fingerprint density at radius 1 is 1.54 bits per heavy atom. The highest BCUT2D eigenvalue weighted by Crippen LogP contribution is 1.97. The van der Waals surface area contributed by atoms with Gasteiger partial charge in [-0.15, -0.1) is 0 Å². The number of likely N-dealkylation sites (N-methyl/N-ethyl adjacent to an activating group) is 1. The van der Waals surface area contributed by atoms with Crippen LogP contribution in [0.2, 0.25) is 0 Å². The van der Waals surface area contributed by atoms with Gasteiger partial charge < -0.3 is 15.8 Å². The van der Waals surface area contributed by atoms with Crippen molar-refractivity contribution < 1.29 is 9.53 Å². The fourth-order valence-electron chi connectivity index (χ4n) is 0.866. The van der Waals surface area contributed by atoms with E-state index in [1.54, 1.807) is 0 Å². The van der Waals surface area contributed by atoms with Crippen molar-refractivity contribution in [1.82, 2.24) is 5.32 Å². The number of hydrogen-bond donors (Lipinski definition) is 2. The van der Waals surface area contributed by atoms with Crippen LogP contribution in [0, 0.1) is 0 Å². The third-order valence-corrected chi connectivity index (χ3v) is 1.92. The number of hydrogen-bond acceptors (Lipinski definition) is 3. The molecule has 0 aliphatic heterocycles. The molecule has 2 unspecified atom stereocenters. The van der Waals surface area contributed by atoms with Crippen LogP contribution >= 0.6 is 0 Å². The first-order chi connectivity index (χ1) is 6.11. The summed E-state index contributed by atoms with van der Waals surface area (Å²) in [6.45, 7) is 7.02. The predicted molar refractivity (Wildman–Crippen MR) is 52.4 cm³/mol. The summed E-state index contributed by atoms with van der Waals surface area (Å²) in [7, 11) is 0. The summed E-state index contributed by atoms with van der Waals surface area (Å²) in [6, 6.07) is -0.362. The number of primary amides is 1. The molecule has 0 aromatic carbocycles.